The summed E-state index contributed by atoms with van der Waals surface area (Å²) in [6.07, 6.45) is 10.1. The third kappa shape index (κ3) is 46.6. The van der Waals surface area contributed by atoms with Gasteiger partial charge in [0.1, 0.15) is 5.75 Å². The van der Waals surface area contributed by atoms with Crippen LogP contribution in [0.2, 0.25) is 5.02 Å². The fraction of sp³-hybridized carbons (Fsp3) is 0.611. The van der Waals surface area contributed by atoms with Gasteiger partial charge in [-0.15, -0.1) is 0 Å². The lowest BCUT2D eigenvalue weighted by Gasteiger charge is -2.20. The summed E-state index contributed by atoms with van der Waals surface area (Å²) in [4.78, 5) is 54.2. The minimum absolute atomic E-state index is 0.134. The van der Waals surface area contributed by atoms with Gasteiger partial charge in [-0.25, -0.2) is 0 Å². The predicted molar refractivity (Wildman–Crippen MR) is 444 cm³/mol. The van der Waals surface area contributed by atoms with E-state index in [0.717, 1.165) is 47.3 Å². The van der Waals surface area contributed by atoms with Crippen LogP contribution in [0.15, 0.2) is 132 Å². The lowest BCUT2D eigenvalue weighted by Crippen LogP contribution is -2.24. The summed E-state index contributed by atoms with van der Waals surface area (Å²) in [5.41, 5.74) is 7.23. The average molecular weight is 1520 g/mol. The minimum atomic E-state index is -0.311. The number of carbonyl (C=O) groups excluding carboxylic acids is 5. The van der Waals surface area contributed by atoms with Crippen molar-refractivity contribution in [2.24, 2.45) is 27.1 Å². The molecule has 5 aromatic rings. The van der Waals surface area contributed by atoms with Gasteiger partial charge in [-0.05, 0) is 238 Å². The molecule has 0 heterocycles. The molecule has 0 spiro atoms. The molecule has 0 N–H and O–H groups in total. The van der Waals surface area contributed by atoms with Crippen LogP contribution in [-0.4, -0.2) is 72.5 Å². The number of rotatable bonds is 21. The van der Waals surface area contributed by atoms with Crippen LogP contribution in [0, 0.1) is 27.1 Å². The number of esters is 5. The number of ether oxygens (including phenoxy) is 6. The Labute approximate surface area is 644 Å². The molecular weight excluding hydrogens is 1370 g/mol. The van der Waals surface area contributed by atoms with Crippen molar-refractivity contribution in [2.45, 2.75) is 293 Å². The average Bonchev–Trinajstić information content (AvgIpc) is 0.849. The molecule has 0 saturated carbocycles. The van der Waals surface area contributed by atoms with Crippen LogP contribution in [0.3, 0.4) is 0 Å². The highest BCUT2D eigenvalue weighted by atomic mass is 79.9. The summed E-state index contributed by atoms with van der Waals surface area (Å²) in [5.74, 6) is 3.63. The normalized spacial score (nSPS) is 12.3. The van der Waals surface area contributed by atoms with E-state index in [0.29, 0.717) is 29.6 Å². The Balaban J connectivity index is -0.000000347. The molecule has 0 saturated heterocycles. The van der Waals surface area contributed by atoms with Crippen LogP contribution >= 0.6 is 27.5 Å². The molecule has 0 amide bonds. The largest absolute Gasteiger partial charge is 0.497 e. The second kappa shape index (κ2) is 56.4. The number of methoxy groups -OCH3 is 6. The molecule has 13 heteroatoms. The Kier molecular flexibility index (Phi) is 57.8. The van der Waals surface area contributed by atoms with Crippen molar-refractivity contribution in [3.63, 3.8) is 0 Å². The van der Waals surface area contributed by atoms with E-state index in [2.05, 4.69) is 233 Å². The maximum absolute atomic E-state index is 10.8. The topological polar surface area (TPSA) is 141 Å². The molecule has 5 aromatic carbocycles. The number of carbonyl (C=O) groups is 5. The van der Waals surface area contributed by atoms with E-state index in [-0.39, 0.29) is 62.3 Å². The standard InChI is InChI=1S/C14H22.C11H16O.C10H13Br.C10H13Cl.C10H14.5C7H14O2/c1-6-11(2)12-7-9-13(10-8-12)14(3,4)5;1-4-9(2)10-5-7-11(12-3)8-6-10;2*1-3-8(2)9-4-6-10(11)7-5-9;1-3-9(2)10-7-5-4-6-8-10;5*1-5-7(2,3)6(8)9-4/h7-11H,6H2,1-5H3;5-9H,4H2,1-3H3;2*4-8H,3H2,1-2H3;4-9H,3H2,1-2H3;5*5H2,1-4H3. The summed E-state index contributed by atoms with van der Waals surface area (Å²) in [7, 11) is 8.77. The van der Waals surface area contributed by atoms with Gasteiger partial charge >= 0.3 is 29.8 Å². The lowest BCUT2D eigenvalue weighted by molar-refractivity contribution is -0.151. The molecule has 0 bridgehead atoms. The van der Waals surface area contributed by atoms with Crippen LogP contribution < -0.4 is 4.74 Å². The second-order valence-corrected chi connectivity index (χ2v) is 31.7. The fourth-order valence-electron chi connectivity index (χ4n) is 7.89. The molecule has 5 rings (SSSR count). The Hall–Kier alpha value is -5.98. The van der Waals surface area contributed by atoms with Gasteiger partial charge in [-0.1, -0.05) is 243 Å². The summed E-state index contributed by atoms with van der Waals surface area (Å²) >= 11 is 9.18. The zero-order chi connectivity index (χ0) is 81.1. The summed E-state index contributed by atoms with van der Waals surface area (Å²) in [6.45, 7) is 57.7. The van der Waals surface area contributed by atoms with Gasteiger partial charge in [0.05, 0.1) is 69.7 Å². The second-order valence-electron chi connectivity index (χ2n) is 30.4. The summed E-state index contributed by atoms with van der Waals surface area (Å²) in [5, 5.41) is 0.817. The van der Waals surface area contributed by atoms with Gasteiger partial charge in [-0.3, -0.25) is 24.0 Å². The Morgan fingerprint density at radius 1 is 0.320 bits per heavy atom. The fourth-order valence-corrected chi connectivity index (χ4v) is 8.28. The molecule has 0 aliphatic carbocycles. The first-order valence-corrected chi connectivity index (χ1v) is 38.7. The van der Waals surface area contributed by atoms with Crippen LogP contribution in [0.4, 0.5) is 0 Å². The molecule has 5 unspecified atom stereocenters. The Morgan fingerprint density at radius 3 is 0.709 bits per heavy atom. The van der Waals surface area contributed by atoms with E-state index in [4.69, 9.17) is 16.3 Å². The first-order valence-electron chi connectivity index (χ1n) is 37.5. The summed E-state index contributed by atoms with van der Waals surface area (Å²) in [6, 6.07) is 44.6. The Morgan fingerprint density at radius 2 is 0.524 bits per heavy atom. The summed E-state index contributed by atoms with van der Waals surface area (Å²) < 4.78 is 29.1. The van der Waals surface area contributed by atoms with Gasteiger partial charge in [0.2, 0.25) is 0 Å². The molecular formula is C90H148BrClO11. The van der Waals surface area contributed by atoms with E-state index in [1.165, 1.54) is 101 Å². The first kappa shape index (κ1) is 106. The van der Waals surface area contributed by atoms with E-state index in [1.807, 2.05) is 128 Å². The van der Waals surface area contributed by atoms with Crippen LogP contribution in [0.25, 0.3) is 0 Å². The molecule has 0 aliphatic heterocycles. The van der Waals surface area contributed by atoms with Gasteiger partial charge < -0.3 is 28.4 Å². The Bertz CT molecular complexity index is 2750. The monoisotopic (exact) mass is 1520 g/mol. The van der Waals surface area contributed by atoms with Crippen molar-refractivity contribution in [2.75, 3.05) is 42.7 Å². The van der Waals surface area contributed by atoms with Crippen molar-refractivity contribution in [1.82, 2.24) is 0 Å². The van der Waals surface area contributed by atoms with Crippen LogP contribution in [0.1, 0.15) is 321 Å². The third-order valence-electron chi connectivity index (χ3n) is 19.4. The zero-order valence-electron chi connectivity index (χ0n) is 71.3. The molecule has 0 aliphatic rings. The predicted octanol–water partition coefficient (Wildman–Crippen LogP) is 26.7. The van der Waals surface area contributed by atoms with Gasteiger partial charge in [-0.2, -0.15) is 0 Å². The maximum Gasteiger partial charge on any atom is 0.311 e. The van der Waals surface area contributed by atoms with E-state index in [9.17, 15) is 24.0 Å². The van der Waals surface area contributed by atoms with E-state index >= 15 is 0 Å². The quantitative estimate of drug-likeness (QED) is 0.0512. The van der Waals surface area contributed by atoms with E-state index < -0.39 is 0 Å². The molecule has 5 atom stereocenters. The molecule has 0 aromatic heterocycles. The van der Waals surface area contributed by atoms with Crippen molar-refractivity contribution in [3.05, 3.63) is 170 Å². The molecule has 103 heavy (non-hydrogen) atoms. The van der Waals surface area contributed by atoms with Gasteiger partial charge in [0, 0.05) is 9.50 Å². The minimum Gasteiger partial charge on any atom is -0.497 e. The lowest BCUT2D eigenvalue weighted by atomic mass is 9.85. The highest BCUT2D eigenvalue weighted by Gasteiger charge is 2.29. The molecule has 0 radical (unpaired) electrons. The van der Waals surface area contributed by atoms with E-state index in [1.54, 1.807) is 7.11 Å². The smallest absolute Gasteiger partial charge is 0.311 e. The zero-order valence-corrected chi connectivity index (χ0v) is 73.7. The third-order valence-corrected chi connectivity index (χ3v) is 20.2. The van der Waals surface area contributed by atoms with Crippen molar-refractivity contribution >= 4 is 57.4 Å². The number of benzene rings is 5. The first-order chi connectivity index (χ1) is 47.7. The SMILES string of the molecule is CCC(C)(C)C(=O)OC.CCC(C)(C)C(=O)OC.CCC(C)(C)C(=O)OC.CCC(C)(C)C(=O)OC.CCC(C)(C)C(=O)OC.CCC(C)c1ccc(Br)cc1.CCC(C)c1ccc(C(C)(C)C)cc1.CCC(C)c1ccc(Cl)cc1.CCC(C)c1ccc(OC)cc1.CCC(C)c1ccccc1. The van der Waals surface area contributed by atoms with Gasteiger partial charge in [0.25, 0.3) is 0 Å². The highest BCUT2D eigenvalue weighted by molar-refractivity contribution is 9.10. The number of hydrogen-bond donors (Lipinski definition) is 0. The van der Waals surface area contributed by atoms with Crippen molar-refractivity contribution in [3.8, 4) is 5.75 Å². The van der Waals surface area contributed by atoms with Gasteiger partial charge in [0.15, 0.2) is 0 Å². The van der Waals surface area contributed by atoms with Crippen molar-refractivity contribution in [1.29, 1.82) is 0 Å². The van der Waals surface area contributed by atoms with Crippen LogP contribution in [-0.2, 0) is 53.1 Å². The molecule has 0 fully saturated rings. The molecule has 11 nitrogen and oxygen atoms in total. The number of hydrogen-bond acceptors (Lipinski definition) is 11. The highest BCUT2D eigenvalue weighted by Crippen LogP contribution is 2.29. The number of halogens is 2. The molecule has 588 valence electrons. The van der Waals surface area contributed by atoms with Crippen LogP contribution in [0.5, 0.6) is 5.75 Å². The van der Waals surface area contributed by atoms with Crippen molar-refractivity contribution < 1.29 is 52.4 Å². The maximum atomic E-state index is 10.8.